The fraction of sp³-hybridized carbons (Fsp3) is 0.391. The van der Waals surface area contributed by atoms with E-state index in [2.05, 4.69) is 30.7 Å². The van der Waals surface area contributed by atoms with Gasteiger partial charge in [-0.25, -0.2) is 15.0 Å². The first-order valence-corrected chi connectivity index (χ1v) is 11.4. The standard InChI is InChI=1S/C23H23ClF3N7/c1-12-28-21(17-11-34(2)33-22(17)29-12)31-15-5-3-4-14(9-15)30-19-10-20(23(25,26)27)32-18-7-6-13(24)8-16(18)19/h6-8,10-11,14-15H,3-5,9H2,1-2H3,(H,30,32)(H,28,29,31,33)/t14-,15+/m0/s1. The smallest absolute Gasteiger partial charge is 0.382 e. The third-order valence-electron chi connectivity index (χ3n) is 6.04. The van der Waals surface area contributed by atoms with Crippen LogP contribution >= 0.6 is 11.6 Å². The largest absolute Gasteiger partial charge is 0.433 e. The SMILES string of the molecule is Cc1nc(N[C@@H]2CCC[C@H](Nc3cc(C(F)(F)F)nc4ccc(Cl)cc34)C2)c2cn(C)nc2n1. The molecule has 7 nitrogen and oxygen atoms in total. The van der Waals surface area contributed by atoms with Crippen molar-refractivity contribution in [2.45, 2.75) is 50.9 Å². The summed E-state index contributed by atoms with van der Waals surface area (Å²) in [5.41, 5.74) is 0.342. The molecule has 1 aliphatic carbocycles. The van der Waals surface area contributed by atoms with Gasteiger partial charge < -0.3 is 10.6 Å². The molecule has 0 aliphatic heterocycles. The molecule has 0 spiro atoms. The van der Waals surface area contributed by atoms with E-state index in [0.717, 1.165) is 43.0 Å². The minimum atomic E-state index is -4.54. The summed E-state index contributed by atoms with van der Waals surface area (Å²) in [6.07, 6.45) is 0.749. The van der Waals surface area contributed by atoms with Crippen molar-refractivity contribution in [3.05, 3.63) is 47.0 Å². The molecule has 2 N–H and O–H groups in total. The zero-order valence-corrected chi connectivity index (χ0v) is 19.4. The molecule has 1 fully saturated rings. The molecule has 0 radical (unpaired) electrons. The lowest BCUT2D eigenvalue weighted by Crippen LogP contribution is -2.34. The van der Waals surface area contributed by atoms with Crippen molar-refractivity contribution in [1.82, 2.24) is 24.7 Å². The highest BCUT2D eigenvalue weighted by molar-refractivity contribution is 6.31. The third kappa shape index (κ3) is 4.59. The molecular formula is C23H23ClF3N7. The van der Waals surface area contributed by atoms with Gasteiger partial charge in [0, 0.05) is 41.4 Å². The normalized spacial score (nSPS) is 19.0. The second-order valence-electron chi connectivity index (χ2n) is 8.72. The fourth-order valence-corrected chi connectivity index (χ4v) is 4.74. The average molecular weight is 490 g/mol. The lowest BCUT2D eigenvalue weighted by atomic mass is 9.90. The van der Waals surface area contributed by atoms with Crippen molar-refractivity contribution in [3.8, 4) is 0 Å². The van der Waals surface area contributed by atoms with Crippen LogP contribution < -0.4 is 10.6 Å². The van der Waals surface area contributed by atoms with Crippen LogP contribution in [-0.4, -0.2) is 36.8 Å². The number of rotatable bonds is 4. The summed E-state index contributed by atoms with van der Waals surface area (Å²) >= 11 is 6.13. The molecular weight excluding hydrogens is 467 g/mol. The molecule has 2 atom stereocenters. The Morgan fingerprint density at radius 3 is 2.56 bits per heavy atom. The summed E-state index contributed by atoms with van der Waals surface area (Å²) in [7, 11) is 1.84. The van der Waals surface area contributed by atoms with Crippen LogP contribution in [0.3, 0.4) is 0 Å². The van der Waals surface area contributed by atoms with Gasteiger partial charge in [0.05, 0.1) is 10.9 Å². The summed E-state index contributed by atoms with van der Waals surface area (Å²) in [5, 5.41) is 13.1. The van der Waals surface area contributed by atoms with E-state index in [9.17, 15) is 13.2 Å². The number of hydrogen-bond acceptors (Lipinski definition) is 6. The quantitative estimate of drug-likeness (QED) is 0.381. The predicted octanol–water partition coefficient (Wildman–Crippen LogP) is 5.73. The number of aromatic nitrogens is 5. The van der Waals surface area contributed by atoms with Gasteiger partial charge in [-0.2, -0.15) is 18.3 Å². The molecule has 11 heteroatoms. The van der Waals surface area contributed by atoms with Gasteiger partial charge in [-0.05, 0) is 56.9 Å². The minimum Gasteiger partial charge on any atom is -0.382 e. The highest BCUT2D eigenvalue weighted by Crippen LogP contribution is 2.35. The van der Waals surface area contributed by atoms with E-state index >= 15 is 0 Å². The zero-order valence-electron chi connectivity index (χ0n) is 18.6. The van der Waals surface area contributed by atoms with Crippen LogP contribution in [0.1, 0.15) is 37.2 Å². The molecule has 4 aromatic rings. The van der Waals surface area contributed by atoms with Crippen molar-refractivity contribution >= 4 is 45.0 Å². The third-order valence-corrected chi connectivity index (χ3v) is 6.28. The predicted molar refractivity (Wildman–Crippen MR) is 126 cm³/mol. The average Bonchev–Trinajstić information content (AvgIpc) is 3.13. The monoisotopic (exact) mass is 489 g/mol. The van der Waals surface area contributed by atoms with Gasteiger partial charge in [-0.15, -0.1) is 0 Å². The molecule has 3 heterocycles. The summed E-state index contributed by atoms with van der Waals surface area (Å²) in [5.74, 6) is 1.35. The van der Waals surface area contributed by atoms with Crippen LogP contribution in [-0.2, 0) is 13.2 Å². The van der Waals surface area contributed by atoms with Crippen LogP contribution in [0.4, 0.5) is 24.7 Å². The second kappa shape index (κ2) is 8.57. The second-order valence-corrected chi connectivity index (χ2v) is 9.16. The van der Waals surface area contributed by atoms with Crippen LogP contribution in [0.15, 0.2) is 30.5 Å². The van der Waals surface area contributed by atoms with E-state index in [1.54, 1.807) is 16.8 Å². The number of anilines is 2. The number of alkyl halides is 3. The van der Waals surface area contributed by atoms with E-state index in [1.165, 1.54) is 6.07 Å². The van der Waals surface area contributed by atoms with Gasteiger partial charge in [0.25, 0.3) is 0 Å². The molecule has 0 saturated heterocycles. The fourth-order valence-electron chi connectivity index (χ4n) is 4.56. The molecule has 1 aromatic carbocycles. The van der Waals surface area contributed by atoms with Crippen LogP contribution in [0.5, 0.6) is 0 Å². The van der Waals surface area contributed by atoms with Gasteiger partial charge in [-0.1, -0.05) is 11.6 Å². The first kappa shape index (κ1) is 22.6. The number of halogens is 4. The molecule has 5 rings (SSSR count). The van der Waals surface area contributed by atoms with Crippen molar-refractivity contribution in [2.24, 2.45) is 7.05 Å². The van der Waals surface area contributed by atoms with E-state index in [1.807, 2.05) is 20.2 Å². The maximum Gasteiger partial charge on any atom is 0.433 e. The Hall–Kier alpha value is -3.14. The molecule has 178 valence electrons. The number of fused-ring (bicyclic) bond motifs is 2. The molecule has 34 heavy (non-hydrogen) atoms. The number of hydrogen-bond donors (Lipinski definition) is 2. The van der Waals surface area contributed by atoms with E-state index in [-0.39, 0.29) is 17.6 Å². The van der Waals surface area contributed by atoms with E-state index < -0.39 is 11.9 Å². The topological polar surface area (TPSA) is 80.5 Å². The Kier molecular flexibility index (Phi) is 5.71. The summed E-state index contributed by atoms with van der Waals surface area (Å²) in [6, 6.07) is 5.85. The number of pyridine rings is 1. The van der Waals surface area contributed by atoms with Crippen LogP contribution in [0.25, 0.3) is 21.9 Å². The summed E-state index contributed by atoms with van der Waals surface area (Å²) < 4.78 is 42.1. The van der Waals surface area contributed by atoms with Crippen molar-refractivity contribution < 1.29 is 13.2 Å². The molecule has 0 amide bonds. The van der Waals surface area contributed by atoms with Crippen molar-refractivity contribution in [2.75, 3.05) is 10.6 Å². The lowest BCUT2D eigenvalue weighted by Gasteiger charge is -2.32. The van der Waals surface area contributed by atoms with Gasteiger partial charge >= 0.3 is 6.18 Å². The zero-order chi connectivity index (χ0) is 24.0. The van der Waals surface area contributed by atoms with Crippen molar-refractivity contribution in [1.29, 1.82) is 0 Å². The Bertz CT molecular complexity index is 1370. The number of aryl methyl sites for hydroxylation is 2. The van der Waals surface area contributed by atoms with Crippen LogP contribution in [0.2, 0.25) is 5.02 Å². The number of benzene rings is 1. The summed E-state index contributed by atoms with van der Waals surface area (Å²) in [4.78, 5) is 12.7. The Balaban J connectivity index is 1.41. The van der Waals surface area contributed by atoms with Crippen LogP contribution in [0, 0.1) is 6.92 Å². The Morgan fingerprint density at radius 1 is 1.03 bits per heavy atom. The lowest BCUT2D eigenvalue weighted by molar-refractivity contribution is -0.140. The van der Waals surface area contributed by atoms with Crippen molar-refractivity contribution in [3.63, 3.8) is 0 Å². The molecule has 0 unspecified atom stereocenters. The molecule has 3 aromatic heterocycles. The molecule has 1 saturated carbocycles. The Labute approximate surface area is 198 Å². The molecule has 0 bridgehead atoms. The first-order chi connectivity index (χ1) is 16.2. The van der Waals surface area contributed by atoms with Gasteiger partial charge in [-0.3, -0.25) is 4.68 Å². The van der Waals surface area contributed by atoms with Gasteiger partial charge in [0.2, 0.25) is 0 Å². The van der Waals surface area contributed by atoms with E-state index in [0.29, 0.717) is 27.6 Å². The number of nitrogens with zero attached hydrogens (tertiary/aromatic N) is 5. The Morgan fingerprint density at radius 2 is 1.79 bits per heavy atom. The highest BCUT2D eigenvalue weighted by Gasteiger charge is 2.34. The van der Waals surface area contributed by atoms with Gasteiger partial charge in [0.1, 0.15) is 17.3 Å². The van der Waals surface area contributed by atoms with E-state index in [4.69, 9.17) is 11.6 Å². The molecule has 1 aliphatic rings. The van der Waals surface area contributed by atoms with Gasteiger partial charge in [0.15, 0.2) is 5.65 Å². The maximum absolute atomic E-state index is 13.5. The number of nitrogens with one attached hydrogen (secondary N) is 2. The summed E-state index contributed by atoms with van der Waals surface area (Å²) in [6.45, 7) is 1.82. The first-order valence-electron chi connectivity index (χ1n) is 11.0. The minimum absolute atomic E-state index is 0.0239. The maximum atomic E-state index is 13.5. The highest BCUT2D eigenvalue weighted by atomic mass is 35.5.